The number of aliphatic imine (C=N–C) groups is 1. The molecule has 1 aromatic rings. The predicted octanol–water partition coefficient (Wildman–Crippen LogP) is 0.523. The van der Waals surface area contributed by atoms with Gasteiger partial charge in [-0.3, -0.25) is 14.8 Å². The first-order chi connectivity index (χ1) is 8.45. The molecule has 1 N–H and O–H groups in total. The monoisotopic (exact) mass is 247 g/mol. The van der Waals surface area contributed by atoms with E-state index < -0.39 is 11.5 Å². The van der Waals surface area contributed by atoms with Gasteiger partial charge < -0.3 is 10.1 Å². The van der Waals surface area contributed by atoms with Crippen molar-refractivity contribution in [1.82, 2.24) is 10.3 Å². The minimum Gasteiger partial charge on any atom is -0.465 e. The maximum atomic E-state index is 11.7. The molecule has 1 aromatic heterocycles. The average Bonchev–Trinajstić information content (AvgIpc) is 2.63. The minimum atomic E-state index is -0.847. The third-order valence-electron chi connectivity index (χ3n) is 2.62. The van der Waals surface area contributed by atoms with Gasteiger partial charge in [0.15, 0.2) is 5.84 Å². The maximum absolute atomic E-state index is 11.7. The topological polar surface area (TPSA) is 80.7 Å². The Morgan fingerprint density at radius 3 is 2.72 bits per heavy atom. The third-order valence-corrected chi connectivity index (χ3v) is 2.62. The SMILES string of the molecule is COC(=O)c1cccnc1C1=NC(C)(C)C(=O)N1. The van der Waals surface area contributed by atoms with Crippen molar-refractivity contribution >= 4 is 17.7 Å². The molecule has 1 aliphatic rings. The normalized spacial score (nSPS) is 17.1. The van der Waals surface area contributed by atoms with Crippen LogP contribution in [0.25, 0.3) is 0 Å². The second-order valence-electron chi connectivity index (χ2n) is 4.36. The number of hydrogen-bond acceptors (Lipinski definition) is 5. The molecule has 0 saturated heterocycles. The van der Waals surface area contributed by atoms with Crippen molar-refractivity contribution in [1.29, 1.82) is 0 Å². The molecule has 6 nitrogen and oxygen atoms in total. The van der Waals surface area contributed by atoms with Crippen LogP contribution in [0.1, 0.15) is 29.9 Å². The molecule has 94 valence electrons. The Morgan fingerprint density at radius 2 is 2.17 bits per heavy atom. The molecule has 0 aliphatic carbocycles. The van der Waals surface area contributed by atoms with E-state index in [1.807, 2.05) is 0 Å². The Bertz CT molecular complexity index is 549. The van der Waals surface area contributed by atoms with E-state index in [4.69, 9.17) is 0 Å². The van der Waals surface area contributed by atoms with E-state index in [1.54, 1.807) is 26.0 Å². The summed E-state index contributed by atoms with van der Waals surface area (Å²) in [6.07, 6.45) is 1.53. The number of rotatable bonds is 2. The first-order valence-corrected chi connectivity index (χ1v) is 5.40. The van der Waals surface area contributed by atoms with Gasteiger partial charge in [0, 0.05) is 6.20 Å². The molecule has 0 saturated carbocycles. The molecule has 0 spiro atoms. The fraction of sp³-hybridized carbons (Fsp3) is 0.333. The Hall–Kier alpha value is -2.24. The Labute approximate surface area is 104 Å². The van der Waals surface area contributed by atoms with Gasteiger partial charge in [0.25, 0.3) is 5.91 Å². The van der Waals surface area contributed by atoms with Crippen LogP contribution >= 0.6 is 0 Å². The molecule has 0 unspecified atom stereocenters. The van der Waals surface area contributed by atoms with E-state index in [1.165, 1.54) is 13.3 Å². The van der Waals surface area contributed by atoms with Crippen molar-refractivity contribution in [3.05, 3.63) is 29.6 Å². The van der Waals surface area contributed by atoms with Crippen LogP contribution in [-0.2, 0) is 9.53 Å². The number of esters is 1. The number of methoxy groups -OCH3 is 1. The molecule has 0 radical (unpaired) electrons. The average molecular weight is 247 g/mol. The number of carbonyl (C=O) groups excluding carboxylic acids is 2. The van der Waals surface area contributed by atoms with Crippen molar-refractivity contribution in [2.45, 2.75) is 19.4 Å². The molecule has 6 heteroatoms. The van der Waals surface area contributed by atoms with Gasteiger partial charge in [-0.1, -0.05) is 0 Å². The van der Waals surface area contributed by atoms with E-state index in [9.17, 15) is 9.59 Å². The molecule has 0 bridgehead atoms. The van der Waals surface area contributed by atoms with Crippen molar-refractivity contribution < 1.29 is 14.3 Å². The molecule has 0 fully saturated rings. The Balaban J connectivity index is 2.48. The lowest BCUT2D eigenvalue weighted by molar-refractivity contribution is -0.122. The maximum Gasteiger partial charge on any atom is 0.340 e. The van der Waals surface area contributed by atoms with Crippen LogP contribution in [-0.4, -0.2) is 35.3 Å². The van der Waals surface area contributed by atoms with E-state index in [0.29, 0.717) is 11.5 Å². The van der Waals surface area contributed by atoms with Gasteiger partial charge in [-0.05, 0) is 26.0 Å². The Kier molecular flexibility index (Phi) is 2.86. The van der Waals surface area contributed by atoms with E-state index in [-0.39, 0.29) is 11.5 Å². The first kappa shape index (κ1) is 12.2. The van der Waals surface area contributed by atoms with Gasteiger partial charge in [0.05, 0.1) is 12.7 Å². The summed E-state index contributed by atoms with van der Waals surface area (Å²) in [6, 6.07) is 3.20. The highest BCUT2D eigenvalue weighted by Crippen LogP contribution is 2.18. The van der Waals surface area contributed by atoms with Crippen LogP contribution in [0.4, 0.5) is 0 Å². The predicted molar refractivity (Wildman–Crippen MR) is 64.3 cm³/mol. The highest BCUT2D eigenvalue weighted by atomic mass is 16.5. The lowest BCUT2D eigenvalue weighted by Gasteiger charge is -2.07. The summed E-state index contributed by atoms with van der Waals surface area (Å²) < 4.78 is 4.67. The summed E-state index contributed by atoms with van der Waals surface area (Å²) in [7, 11) is 1.29. The first-order valence-electron chi connectivity index (χ1n) is 5.40. The largest absolute Gasteiger partial charge is 0.465 e. The van der Waals surface area contributed by atoms with Gasteiger partial charge in [0.1, 0.15) is 11.2 Å². The number of amidine groups is 1. The zero-order valence-corrected chi connectivity index (χ0v) is 10.4. The number of pyridine rings is 1. The quantitative estimate of drug-likeness (QED) is 0.773. The molecular weight excluding hydrogens is 234 g/mol. The number of aromatic nitrogens is 1. The third kappa shape index (κ3) is 1.97. The van der Waals surface area contributed by atoms with E-state index in [2.05, 4.69) is 20.0 Å². The number of ether oxygens (including phenoxy) is 1. The van der Waals surface area contributed by atoms with E-state index >= 15 is 0 Å². The number of carbonyl (C=O) groups is 2. The van der Waals surface area contributed by atoms with Gasteiger partial charge in [-0.2, -0.15) is 0 Å². The Morgan fingerprint density at radius 1 is 1.44 bits per heavy atom. The highest BCUT2D eigenvalue weighted by molar-refractivity contribution is 6.17. The number of nitrogens with one attached hydrogen (secondary N) is 1. The molecule has 2 rings (SSSR count). The fourth-order valence-corrected chi connectivity index (χ4v) is 1.60. The van der Waals surface area contributed by atoms with Crippen LogP contribution in [0, 0.1) is 0 Å². The lowest BCUT2D eigenvalue weighted by Crippen LogP contribution is -2.35. The van der Waals surface area contributed by atoms with Crippen molar-refractivity contribution in [2.75, 3.05) is 7.11 Å². The summed E-state index contributed by atoms with van der Waals surface area (Å²) in [6.45, 7) is 3.38. The van der Waals surface area contributed by atoms with Crippen molar-refractivity contribution in [3.63, 3.8) is 0 Å². The number of hydrogen-bond donors (Lipinski definition) is 1. The van der Waals surface area contributed by atoms with Gasteiger partial charge in [0.2, 0.25) is 0 Å². The fourth-order valence-electron chi connectivity index (χ4n) is 1.60. The summed E-state index contributed by atoms with van der Waals surface area (Å²) in [4.78, 5) is 31.6. The van der Waals surface area contributed by atoms with Crippen LogP contribution in [0.15, 0.2) is 23.3 Å². The molecule has 18 heavy (non-hydrogen) atoms. The zero-order chi connectivity index (χ0) is 13.3. The van der Waals surface area contributed by atoms with Gasteiger partial charge >= 0.3 is 5.97 Å². The van der Waals surface area contributed by atoms with Crippen LogP contribution in [0.2, 0.25) is 0 Å². The van der Waals surface area contributed by atoms with E-state index in [0.717, 1.165) is 0 Å². The molecular formula is C12H13N3O3. The molecule has 0 atom stereocenters. The molecule has 1 amide bonds. The van der Waals surface area contributed by atoms with Gasteiger partial charge in [-0.25, -0.2) is 4.79 Å². The minimum absolute atomic E-state index is 0.223. The highest BCUT2D eigenvalue weighted by Gasteiger charge is 2.36. The summed E-state index contributed by atoms with van der Waals surface area (Å²) in [5, 5.41) is 2.62. The summed E-state index contributed by atoms with van der Waals surface area (Å²) in [5.41, 5.74) is -0.250. The number of amides is 1. The summed E-state index contributed by atoms with van der Waals surface area (Å²) >= 11 is 0. The summed E-state index contributed by atoms with van der Waals surface area (Å²) in [5.74, 6) is -0.440. The van der Waals surface area contributed by atoms with Crippen molar-refractivity contribution in [3.8, 4) is 0 Å². The second-order valence-corrected chi connectivity index (χ2v) is 4.36. The second kappa shape index (κ2) is 4.21. The van der Waals surface area contributed by atoms with Crippen molar-refractivity contribution in [2.24, 2.45) is 4.99 Å². The number of nitrogens with zero attached hydrogens (tertiary/aromatic N) is 2. The standard InChI is InChI=1S/C12H13N3O3/c1-12(2)11(17)14-9(15-12)8-7(10(16)18-3)5-4-6-13-8/h4-6H,1-3H3,(H,14,15,17). The molecule has 2 heterocycles. The van der Waals surface area contributed by atoms with Crippen LogP contribution < -0.4 is 5.32 Å². The lowest BCUT2D eigenvalue weighted by atomic mass is 10.1. The van der Waals surface area contributed by atoms with Crippen LogP contribution in [0.3, 0.4) is 0 Å². The van der Waals surface area contributed by atoms with Crippen LogP contribution in [0.5, 0.6) is 0 Å². The smallest absolute Gasteiger partial charge is 0.340 e. The zero-order valence-electron chi connectivity index (χ0n) is 10.4. The molecule has 1 aliphatic heterocycles. The van der Waals surface area contributed by atoms with Gasteiger partial charge in [-0.15, -0.1) is 0 Å². The molecule has 0 aromatic carbocycles.